The Morgan fingerprint density at radius 3 is 1.44 bits per heavy atom. The maximum absolute atomic E-state index is 11.3. The van der Waals surface area contributed by atoms with Gasteiger partial charge in [0.25, 0.3) is 0 Å². The van der Waals surface area contributed by atoms with Crippen molar-refractivity contribution in [1.29, 1.82) is 0 Å². The first-order valence-electron chi connectivity index (χ1n) is 9.03. The van der Waals surface area contributed by atoms with Crippen LogP contribution in [-0.4, -0.2) is 13.3 Å². The monoisotopic (exact) mass is 453 g/mol. The molecule has 3 rings (SSSR count). The summed E-state index contributed by atoms with van der Waals surface area (Å²) in [6, 6.07) is 31.9. The molecule has 137 valence electrons. The Kier molecular flexibility index (Phi) is 9.13. The molecule has 0 aliphatic rings. The largest absolute Gasteiger partial charge is 0.331 e. The molecule has 0 fully saturated rings. The van der Waals surface area contributed by atoms with Gasteiger partial charge in [0.2, 0.25) is 0 Å². The van der Waals surface area contributed by atoms with Crippen LogP contribution in [0.15, 0.2) is 91.0 Å². The minimum atomic E-state index is -1.89. The van der Waals surface area contributed by atoms with E-state index < -0.39 is 8.03 Å². The quantitative estimate of drug-likeness (QED) is 0.241. The topological polar surface area (TPSA) is 26.3 Å². The van der Waals surface area contributed by atoms with E-state index in [0.717, 1.165) is 12.8 Å². The molecule has 1 unspecified atom stereocenters. The summed E-state index contributed by atoms with van der Waals surface area (Å²) in [6.45, 7) is 2.16. The molecule has 0 aliphatic heterocycles. The van der Waals surface area contributed by atoms with Crippen molar-refractivity contribution in [1.82, 2.24) is 0 Å². The second-order valence-corrected chi connectivity index (χ2v) is 7.72. The Labute approximate surface area is 188 Å². The molecule has 27 heavy (non-hydrogen) atoms. The van der Waals surface area contributed by atoms with Crippen LogP contribution in [0, 0.1) is 0 Å². The molecule has 0 saturated heterocycles. The summed E-state index contributed by atoms with van der Waals surface area (Å²) in [6.07, 6.45) is 1.73. The SMILES string of the molecule is C[PH](=O)OCCCC(c1ccccc1)(c1ccccc1)c1ccccc1.[Y]. The number of benzene rings is 3. The second-order valence-electron chi connectivity index (χ2n) is 6.45. The third-order valence-electron chi connectivity index (χ3n) is 4.80. The summed E-state index contributed by atoms with van der Waals surface area (Å²) in [5, 5.41) is 0. The second kappa shape index (κ2) is 11.1. The molecule has 3 aromatic rings. The van der Waals surface area contributed by atoms with E-state index in [0.29, 0.717) is 6.61 Å². The average Bonchev–Trinajstić information content (AvgIpc) is 2.70. The zero-order chi connectivity index (χ0) is 18.2. The Bertz CT molecular complexity index is 726. The van der Waals surface area contributed by atoms with E-state index in [9.17, 15) is 4.57 Å². The third-order valence-corrected chi connectivity index (χ3v) is 5.41. The molecule has 0 N–H and O–H groups in total. The fourth-order valence-electron chi connectivity index (χ4n) is 3.65. The molecule has 2 nitrogen and oxygen atoms in total. The van der Waals surface area contributed by atoms with Crippen LogP contribution in [0.25, 0.3) is 0 Å². The molecule has 0 heterocycles. The number of hydrogen-bond donors (Lipinski definition) is 0. The number of hydrogen-bond acceptors (Lipinski definition) is 2. The van der Waals surface area contributed by atoms with Crippen molar-refractivity contribution < 1.29 is 41.8 Å². The average molecular weight is 453 g/mol. The standard InChI is InChI=1S/C23H25O2P.Y/c1-26(24)25-19-11-18-23(20-12-5-2-6-13-20,21-14-7-3-8-15-21)22-16-9-4-10-17-22;/h2-10,12-17,26H,11,18-19H2,1H3;. The van der Waals surface area contributed by atoms with Crippen LogP contribution < -0.4 is 0 Å². The van der Waals surface area contributed by atoms with Gasteiger partial charge in [-0.15, -0.1) is 0 Å². The van der Waals surface area contributed by atoms with Gasteiger partial charge in [-0.05, 0) is 29.5 Å². The first kappa shape index (κ1) is 22.2. The maximum Gasteiger partial charge on any atom is 0.188 e. The maximum atomic E-state index is 11.3. The normalized spacial score (nSPS) is 12.2. The summed E-state index contributed by atoms with van der Waals surface area (Å²) < 4.78 is 16.7. The predicted molar refractivity (Wildman–Crippen MR) is 109 cm³/mol. The summed E-state index contributed by atoms with van der Waals surface area (Å²) in [4.78, 5) is 0. The van der Waals surface area contributed by atoms with Gasteiger partial charge in [-0.25, -0.2) is 0 Å². The van der Waals surface area contributed by atoms with Crippen LogP contribution in [0.2, 0.25) is 0 Å². The van der Waals surface area contributed by atoms with Crippen LogP contribution in [0.5, 0.6) is 0 Å². The molecule has 1 radical (unpaired) electrons. The third kappa shape index (κ3) is 5.49. The van der Waals surface area contributed by atoms with Gasteiger partial charge < -0.3 is 4.52 Å². The molecule has 0 aromatic heterocycles. The molecule has 1 atom stereocenters. The Morgan fingerprint density at radius 2 is 1.11 bits per heavy atom. The van der Waals surface area contributed by atoms with Crippen molar-refractivity contribution in [3.8, 4) is 0 Å². The van der Waals surface area contributed by atoms with Gasteiger partial charge in [0.05, 0.1) is 6.61 Å². The Morgan fingerprint density at radius 1 is 0.741 bits per heavy atom. The molecular formula is C23H25O2PY. The smallest absolute Gasteiger partial charge is 0.188 e. The van der Waals surface area contributed by atoms with Gasteiger partial charge in [0.1, 0.15) is 0 Å². The predicted octanol–water partition coefficient (Wildman–Crippen LogP) is 5.92. The molecule has 0 saturated carbocycles. The van der Waals surface area contributed by atoms with Crippen molar-refractivity contribution >= 4 is 8.03 Å². The zero-order valence-electron chi connectivity index (χ0n) is 15.7. The van der Waals surface area contributed by atoms with E-state index in [2.05, 4.69) is 91.0 Å². The van der Waals surface area contributed by atoms with Crippen molar-refractivity contribution in [2.45, 2.75) is 18.3 Å². The fraction of sp³-hybridized carbons (Fsp3) is 0.217. The van der Waals surface area contributed by atoms with Crippen LogP contribution in [0.4, 0.5) is 0 Å². The van der Waals surface area contributed by atoms with Gasteiger partial charge in [0, 0.05) is 44.8 Å². The van der Waals surface area contributed by atoms with Crippen molar-refractivity contribution in [3.63, 3.8) is 0 Å². The molecule has 0 aliphatic carbocycles. The fourth-order valence-corrected chi connectivity index (χ4v) is 4.09. The molecule has 3 aromatic carbocycles. The van der Waals surface area contributed by atoms with Gasteiger partial charge >= 0.3 is 0 Å². The van der Waals surface area contributed by atoms with E-state index >= 15 is 0 Å². The van der Waals surface area contributed by atoms with Crippen LogP contribution in [-0.2, 0) is 47.2 Å². The van der Waals surface area contributed by atoms with Gasteiger partial charge in [-0.1, -0.05) is 91.0 Å². The molecule has 0 amide bonds. The zero-order valence-corrected chi connectivity index (χ0v) is 19.5. The van der Waals surface area contributed by atoms with E-state index in [1.807, 2.05) is 0 Å². The Balaban J connectivity index is 0.00000261. The first-order valence-corrected chi connectivity index (χ1v) is 10.8. The van der Waals surface area contributed by atoms with Crippen LogP contribution in [0.1, 0.15) is 29.5 Å². The van der Waals surface area contributed by atoms with Crippen molar-refractivity contribution in [2.75, 3.05) is 13.3 Å². The van der Waals surface area contributed by atoms with Crippen LogP contribution >= 0.6 is 8.03 Å². The van der Waals surface area contributed by atoms with E-state index in [1.165, 1.54) is 16.7 Å². The van der Waals surface area contributed by atoms with Gasteiger partial charge in [-0.2, -0.15) is 0 Å². The summed E-state index contributed by atoms with van der Waals surface area (Å²) >= 11 is 0. The van der Waals surface area contributed by atoms with Crippen molar-refractivity contribution in [2.24, 2.45) is 0 Å². The summed E-state index contributed by atoms with van der Waals surface area (Å²) in [5.74, 6) is 0. The molecule has 0 spiro atoms. The van der Waals surface area contributed by atoms with E-state index in [-0.39, 0.29) is 38.1 Å². The Hall–Kier alpha value is -1.05. The number of rotatable bonds is 8. The molecule has 0 bridgehead atoms. The minimum Gasteiger partial charge on any atom is -0.331 e. The first-order chi connectivity index (χ1) is 12.7. The molecule has 4 heteroatoms. The van der Waals surface area contributed by atoms with Gasteiger partial charge in [-0.3, -0.25) is 4.57 Å². The summed E-state index contributed by atoms with van der Waals surface area (Å²) in [5.41, 5.74) is 3.54. The van der Waals surface area contributed by atoms with E-state index in [1.54, 1.807) is 6.66 Å². The summed E-state index contributed by atoms with van der Waals surface area (Å²) in [7, 11) is -1.89. The van der Waals surface area contributed by atoms with Crippen LogP contribution in [0.3, 0.4) is 0 Å². The van der Waals surface area contributed by atoms with Gasteiger partial charge in [0.15, 0.2) is 8.03 Å². The van der Waals surface area contributed by atoms with E-state index in [4.69, 9.17) is 4.52 Å². The minimum absolute atomic E-state index is 0. The molecular weight excluding hydrogens is 428 g/mol. The van der Waals surface area contributed by atoms with Crippen molar-refractivity contribution in [3.05, 3.63) is 108 Å².